The van der Waals surface area contributed by atoms with E-state index in [-0.39, 0.29) is 0 Å². The number of nitrogens with zero attached hydrogens (tertiary/aromatic N) is 2. The average Bonchev–Trinajstić information content (AvgIpc) is 2.53. The molecule has 0 aromatic rings. The van der Waals surface area contributed by atoms with E-state index in [4.69, 9.17) is 4.74 Å². The van der Waals surface area contributed by atoms with E-state index in [2.05, 4.69) is 34.4 Å². The molecule has 0 aromatic carbocycles. The Morgan fingerprint density at radius 1 is 1.32 bits per heavy atom. The van der Waals surface area contributed by atoms with Crippen LogP contribution in [-0.4, -0.2) is 63.3 Å². The lowest BCUT2D eigenvalue weighted by Gasteiger charge is -2.35. The molecule has 0 spiro atoms. The highest BCUT2D eigenvalue weighted by molar-refractivity contribution is 5.79. The van der Waals surface area contributed by atoms with Gasteiger partial charge in [-0.15, -0.1) is 0 Å². The van der Waals surface area contributed by atoms with E-state index in [0.717, 1.165) is 51.0 Å². The molecule has 0 bridgehead atoms. The lowest BCUT2D eigenvalue weighted by molar-refractivity contribution is 0.141. The zero-order valence-electron chi connectivity index (χ0n) is 15.0. The second-order valence-electron chi connectivity index (χ2n) is 6.38. The maximum absolute atomic E-state index is 5.34. The normalized spacial score (nSPS) is 20.4. The van der Waals surface area contributed by atoms with Crippen LogP contribution in [0.15, 0.2) is 4.99 Å². The van der Waals surface area contributed by atoms with Crippen molar-refractivity contribution in [2.45, 2.75) is 52.5 Å². The molecule has 0 aromatic heterocycles. The molecule has 22 heavy (non-hydrogen) atoms. The van der Waals surface area contributed by atoms with Gasteiger partial charge in [0.15, 0.2) is 5.96 Å². The summed E-state index contributed by atoms with van der Waals surface area (Å²) < 4.78 is 5.34. The molecule has 1 aliphatic rings. The number of nitrogens with one attached hydrogen (secondary N) is 2. The Morgan fingerprint density at radius 3 is 2.82 bits per heavy atom. The molecular weight excluding hydrogens is 276 g/mol. The van der Waals surface area contributed by atoms with Gasteiger partial charge in [0, 0.05) is 45.9 Å². The Bertz CT molecular complexity index is 307. The smallest absolute Gasteiger partial charge is 0.190 e. The molecule has 5 heteroatoms. The van der Waals surface area contributed by atoms with E-state index in [1.807, 2.05) is 14.0 Å². The summed E-state index contributed by atoms with van der Waals surface area (Å²) >= 11 is 0. The van der Waals surface area contributed by atoms with E-state index in [1.54, 1.807) is 0 Å². The number of unbranched alkanes of at least 4 members (excludes halogenated alkanes) is 1. The van der Waals surface area contributed by atoms with Crippen molar-refractivity contribution in [3.8, 4) is 0 Å². The van der Waals surface area contributed by atoms with Crippen molar-refractivity contribution in [1.82, 2.24) is 15.5 Å². The van der Waals surface area contributed by atoms with Crippen molar-refractivity contribution in [1.29, 1.82) is 0 Å². The molecule has 1 rings (SSSR count). The Labute approximate surface area is 136 Å². The fourth-order valence-electron chi connectivity index (χ4n) is 2.87. The summed E-state index contributed by atoms with van der Waals surface area (Å²) in [6.07, 6.45) is 4.85. The standard InChI is InChI=1S/C17H36N4O/c1-5-22-12-7-6-10-19-17(18-4)20-13-16-9-8-11-21(14-16)15(2)3/h15-16H,5-14H2,1-4H3,(H2,18,19,20). The van der Waals surface area contributed by atoms with E-state index in [0.29, 0.717) is 6.04 Å². The number of hydrogen-bond donors (Lipinski definition) is 2. The van der Waals surface area contributed by atoms with E-state index < -0.39 is 0 Å². The highest BCUT2D eigenvalue weighted by Crippen LogP contribution is 2.17. The van der Waals surface area contributed by atoms with Crippen LogP contribution in [0.1, 0.15) is 46.5 Å². The van der Waals surface area contributed by atoms with Gasteiger partial charge < -0.3 is 20.3 Å². The molecular formula is C17H36N4O. The topological polar surface area (TPSA) is 48.9 Å². The molecule has 1 heterocycles. The van der Waals surface area contributed by atoms with Crippen molar-refractivity contribution in [2.24, 2.45) is 10.9 Å². The molecule has 0 amide bonds. The monoisotopic (exact) mass is 312 g/mol. The predicted octanol–water partition coefficient (Wildman–Crippen LogP) is 2.09. The van der Waals surface area contributed by atoms with Gasteiger partial charge in [0.25, 0.3) is 0 Å². The predicted molar refractivity (Wildman–Crippen MR) is 94.5 cm³/mol. The molecule has 1 unspecified atom stereocenters. The minimum Gasteiger partial charge on any atom is -0.382 e. The van der Waals surface area contributed by atoms with Crippen LogP contribution in [0.25, 0.3) is 0 Å². The summed E-state index contributed by atoms with van der Waals surface area (Å²) in [5, 5.41) is 6.87. The summed E-state index contributed by atoms with van der Waals surface area (Å²) in [4.78, 5) is 6.89. The third kappa shape index (κ3) is 7.99. The lowest BCUT2D eigenvalue weighted by Crippen LogP contribution is -2.46. The highest BCUT2D eigenvalue weighted by atomic mass is 16.5. The number of likely N-dealkylation sites (tertiary alicyclic amines) is 1. The summed E-state index contributed by atoms with van der Waals surface area (Å²) in [5.41, 5.74) is 0. The number of piperidine rings is 1. The molecule has 2 N–H and O–H groups in total. The van der Waals surface area contributed by atoms with Crippen LogP contribution in [0.2, 0.25) is 0 Å². The second-order valence-corrected chi connectivity index (χ2v) is 6.38. The molecule has 130 valence electrons. The Morgan fingerprint density at radius 2 is 2.14 bits per heavy atom. The van der Waals surface area contributed by atoms with Crippen LogP contribution >= 0.6 is 0 Å². The zero-order valence-corrected chi connectivity index (χ0v) is 15.0. The van der Waals surface area contributed by atoms with Crippen LogP contribution in [0.3, 0.4) is 0 Å². The third-order valence-corrected chi connectivity index (χ3v) is 4.27. The quantitative estimate of drug-likeness (QED) is 0.389. The van der Waals surface area contributed by atoms with E-state index in [9.17, 15) is 0 Å². The van der Waals surface area contributed by atoms with Gasteiger partial charge in [-0.05, 0) is 58.9 Å². The first-order chi connectivity index (χ1) is 10.7. The van der Waals surface area contributed by atoms with Gasteiger partial charge in [-0.1, -0.05) is 0 Å². The van der Waals surface area contributed by atoms with Gasteiger partial charge in [-0.3, -0.25) is 4.99 Å². The maximum Gasteiger partial charge on any atom is 0.190 e. The van der Waals surface area contributed by atoms with Gasteiger partial charge in [0.2, 0.25) is 0 Å². The first kappa shape index (κ1) is 19.2. The van der Waals surface area contributed by atoms with Crippen LogP contribution in [0.5, 0.6) is 0 Å². The second kappa shape index (κ2) is 11.7. The van der Waals surface area contributed by atoms with Crippen molar-refractivity contribution < 1.29 is 4.74 Å². The van der Waals surface area contributed by atoms with Crippen molar-refractivity contribution in [3.05, 3.63) is 0 Å². The number of guanidine groups is 1. The molecule has 1 aliphatic heterocycles. The fourth-order valence-corrected chi connectivity index (χ4v) is 2.87. The first-order valence-corrected chi connectivity index (χ1v) is 8.93. The number of ether oxygens (including phenoxy) is 1. The molecule has 5 nitrogen and oxygen atoms in total. The largest absolute Gasteiger partial charge is 0.382 e. The Hall–Kier alpha value is -0.810. The molecule has 0 saturated carbocycles. The van der Waals surface area contributed by atoms with Crippen LogP contribution in [0, 0.1) is 5.92 Å². The molecule has 1 atom stereocenters. The minimum absolute atomic E-state index is 0.658. The Kier molecular flexibility index (Phi) is 10.2. The van der Waals surface area contributed by atoms with Crippen molar-refractivity contribution in [3.63, 3.8) is 0 Å². The number of aliphatic imine (C=N–C) groups is 1. The van der Waals surface area contributed by atoms with Crippen LogP contribution in [0.4, 0.5) is 0 Å². The van der Waals surface area contributed by atoms with Gasteiger partial charge in [0.05, 0.1) is 0 Å². The average molecular weight is 313 g/mol. The van der Waals surface area contributed by atoms with Gasteiger partial charge >= 0.3 is 0 Å². The number of hydrogen-bond acceptors (Lipinski definition) is 3. The van der Waals surface area contributed by atoms with Gasteiger partial charge in [0.1, 0.15) is 0 Å². The molecule has 1 saturated heterocycles. The van der Waals surface area contributed by atoms with Crippen molar-refractivity contribution in [2.75, 3.05) is 46.4 Å². The van der Waals surface area contributed by atoms with Crippen LogP contribution in [-0.2, 0) is 4.74 Å². The number of rotatable bonds is 9. The van der Waals surface area contributed by atoms with Gasteiger partial charge in [-0.2, -0.15) is 0 Å². The van der Waals surface area contributed by atoms with Crippen molar-refractivity contribution >= 4 is 5.96 Å². The maximum atomic E-state index is 5.34. The fraction of sp³-hybridized carbons (Fsp3) is 0.941. The van der Waals surface area contributed by atoms with E-state index in [1.165, 1.54) is 25.9 Å². The summed E-state index contributed by atoms with van der Waals surface area (Å²) in [6.45, 7) is 12.7. The highest BCUT2D eigenvalue weighted by Gasteiger charge is 2.21. The van der Waals surface area contributed by atoms with E-state index >= 15 is 0 Å². The zero-order chi connectivity index (χ0) is 16.2. The van der Waals surface area contributed by atoms with Crippen LogP contribution < -0.4 is 10.6 Å². The molecule has 1 fully saturated rings. The first-order valence-electron chi connectivity index (χ1n) is 8.93. The SMILES string of the molecule is CCOCCCCNC(=NC)NCC1CCCN(C(C)C)C1. The molecule has 0 radical (unpaired) electrons. The minimum atomic E-state index is 0.658. The summed E-state index contributed by atoms with van der Waals surface area (Å²) in [5.74, 6) is 1.66. The van der Waals surface area contributed by atoms with Gasteiger partial charge in [-0.25, -0.2) is 0 Å². The lowest BCUT2D eigenvalue weighted by atomic mass is 9.97. The molecule has 0 aliphatic carbocycles. The summed E-state index contributed by atoms with van der Waals surface area (Å²) in [6, 6.07) is 0.658. The summed E-state index contributed by atoms with van der Waals surface area (Å²) in [7, 11) is 1.84. The third-order valence-electron chi connectivity index (χ3n) is 4.27. The Balaban J connectivity index is 2.15.